The van der Waals surface area contributed by atoms with Crippen LogP contribution in [0.3, 0.4) is 0 Å². The Morgan fingerprint density at radius 2 is 1.76 bits per heavy atom. The van der Waals surface area contributed by atoms with E-state index in [1.54, 1.807) is 32.2 Å². The van der Waals surface area contributed by atoms with Gasteiger partial charge >= 0.3 is 0 Å². The molecule has 8 heteroatoms. The van der Waals surface area contributed by atoms with Gasteiger partial charge in [0, 0.05) is 36.4 Å². The van der Waals surface area contributed by atoms with Gasteiger partial charge in [0.25, 0.3) is 10.0 Å². The lowest BCUT2D eigenvalue weighted by molar-refractivity contribution is 0.391. The highest BCUT2D eigenvalue weighted by molar-refractivity contribution is 7.92. The fourth-order valence-electron chi connectivity index (χ4n) is 4.55. The van der Waals surface area contributed by atoms with Crippen molar-refractivity contribution in [2.45, 2.75) is 44.7 Å². The molecule has 2 N–H and O–H groups in total. The summed E-state index contributed by atoms with van der Waals surface area (Å²) in [5.41, 5.74) is 4.65. The molecule has 34 heavy (non-hydrogen) atoms. The number of pyridine rings is 1. The van der Waals surface area contributed by atoms with Crippen molar-refractivity contribution in [3.63, 3.8) is 0 Å². The van der Waals surface area contributed by atoms with Gasteiger partial charge in [-0.3, -0.25) is 9.71 Å². The van der Waals surface area contributed by atoms with E-state index in [1.165, 1.54) is 0 Å². The van der Waals surface area contributed by atoms with Crippen molar-refractivity contribution < 1.29 is 13.2 Å². The zero-order valence-electron chi connectivity index (χ0n) is 20.3. The average Bonchev–Trinajstić information content (AvgIpc) is 2.78. The Balaban J connectivity index is 1.62. The summed E-state index contributed by atoms with van der Waals surface area (Å²) in [6, 6.07) is 17.1. The van der Waals surface area contributed by atoms with Crippen LogP contribution in [-0.2, 0) is 10.0 Å². The number of rotatable bonds is 6. The number of anilines is 2. The fourth-order valence-corrected chi connectivity index (χ4v) is 5.83. The van der Waals surface area contributed by atoms with Crippen molar-refractivity contribution in [1.29, 1.82) is 0 Å². The molecular weight excluding hydrogens is 448 g/mol. The van der Waals surface area contributed by atoms with E-state index in [9.17, 15) is 8.42 Å². The Morgan fingerprint density at radius 1 is 1.03 bits per heavy atom. The number of aromatic nitrogens is 1. The van der Waals surface area contributed by atoms with Crippen LogP contribution in [0, 0.1) is 13.8 Å². The predicted octanol–water partition coefficient (Wildman–Crippen LogP) is 4.36. The molecule has 0 unspecified atom stereocenters. The summed E-state index contributed by atoms with van der Waals surface area (Å²) in [6.07, 6.45) is 0. The molecule has 2 aromatic carbocycles. The van der Waals surface area contributed by atoms with Crippen molar-refractivity contribution >= 4 is 21.4 Å². The summed E-state index contributed by atoms with van der Waals surface area (Å²) in [4.78, 5) is 7.01. The molecule has 0 bridgehead atoms. The van der Waals surface area contributed by atoms with Gasteiger partial charge in [-0.15, -0.1) is 0 Å². The number of benzene rings is 2. The first-order valence-electron chi connectivity index (χ1n) is 11.4. The van der Waals surface area contributed by atoms with Gasteiger partial charge < -0.3 is 15.0 Å². The molecule has 1 saturated heterocycles. The van der Waals surface area contributed by atoms with E-state index in [4.69, 9.17) is 4.74 Å². The van der Waals surface area contributed by atoms with Crippen LogP contribution in [0.4, 0.5) is 11.4 Å². The lowest BCUT2D eigenvalue weighted by Crippen LogP contribution is -2.54. The average molecular weight is 481 g/mol. The fraction of sp³-hybridized carbons (Fsp3) is 0.346. The lowest BCUT2D eigenvalue weighted by Gasteiger charge is -2.38. The van der Waals surface area contributed by atoms with Gasteiger partial charge in [-0.2, -0.15) is 0 Å². The molecule has 0 saturated carbocycles. The smallest absolute Gasteiger partial charge is 0.262 e. The number of methoxy groups -OCH3 is 1. The molecule has 4 rings (SSSR count). The zero-order valence-corrected chi connectivity index (χ0v) is 21.1. The Kier molecular flexibility index (Phi) is 6.81. The highest BCUT2D eigenvalue weighted by atomic mass is 32.2. The standard InChI is InChI=1S/C26H32N4O3S/c1-17-13-21(23-8-6-7-18(2)28-23)9-12-26(17)34(31,32)29-22-10-11-25(33-5)24(14-22)30-15-19(3)27-20(4)16-30/h6-14,19-20,27,29H,15-16H2,1-5H3/t19-,20+. The molecule has 0 spiro atoms. The third-order valence-electron chi connectivity index (χ3n) is 5.98. The normalized spacial score (nSPS) is 18.6. The van der Waals surface area contributed by atoms with Crippen LogP contribution >= 0.6 is 0 Å². The maximum atomic E-state index is 13.3. The topological polar surface area (TPSA) is 83.6 Å². The van der Waals surface area contributed by atoms with Crippen LogP contribution in [0.2, 0.25) is 0 Å². The van der Waals surface area contributed by atoms with E-state index < -0.39 is 10.0 Å². The molecule has 2 heterocycles. The molecule has 2 atom stereocenters. The van der Waals surface area contributed by atoms with Gasteiger partial charge in [-0.25, -0.2) is 8.42 Å². The molecule has 1 aromatic heterocycles. The number of ether oxygens (including phenoxy) is 1. The number of hydrogen-bond donors (Lipinski definition) is 2. The number of aryl methyl sites for hydroxylation is 2. The minimum absolute atomic E-state index is 0.241. The summed E-state index contributed by atoms with van der Waals surface area (Å²) in [5, 5.41) is 3.52. The monoisotopic (exact) mass is 480 g/mol. The van der Waals surface area contributed by atoms with Crippen LogP contribution in [0.1, 0.15) is 25.1 Å². The number of hydrogen-bond acceptors (Lipinski definition) is 6. The first-order chi connectivity index (χ1) is 16.2. The Bertz CT molecular complexity index is 1280. The van der Waals surface area contributed by atoms with E-state index in [-0.39, 0.29) is 4.90 Å². The summed E-state index contributed by atoms with van der Waals surface area (Å²) in [7, 11) is -2.15. The van der Waals surface area contributed by atoms with Crippen LogP contribution in [0.5, 0.6) is 5.75 Å². The minimum atomic E-state index is -3.78. The molecule has 3 aromatic rings. The highest BCUT2D eigenvalue weighted by Gasteiger charge is 2.24. The van der Waals surface area contributed by atoms with Crippen molar-refractivity contribution in [3.05, 3.63) is 65.9 Å². The summed E-state index contributed by atoms with van der Waals surface area (Å²) < 4.78 is 34.9. The Labute approximate surface area is 202 Å². The predicted molar refractivity (Wildman–Crippen MR) is 137 cm³/mol. The third kappa shape index (κ3) is 5.18. The van der Waals surface area contributed by atoms with Gasteiger partial charge in [0.2, 0.25) is 0 Å². The first kappa shape index (κ1) is 24.0. The molecule has 0 amide bonds. The molecular formula is C26H32N4O3S. The SMILES string of the molecule is COc1ccc(NS(=O)(=O)c2ccc(-c3cccc(C)n3)cc2C)cc1N1C[C@@H](C)N[C@@H](C)C1. The van der Waals surface area contributed by atoms with E-state index in [1.807, 2.05) is 43.3 Å². The Morgan fingerprint density at radius 3 is 2.41 bits per heavy atom. The highest BCUT2D eigenvalue weighted by Crippen LogP contribution is 2.34. The zero-order chi connectivity index (χ0) is 24.5. The van der Waals surface area contributed by atoms with E-state index in [0.29, 0.717) is 23.3 Å². The van der Waals surface area contributed by atoms with Crippen LogP contribution in [0.25, 0.3) is 11.3 Å². The lowest BCUT2D eigenvalue weighted by atomic mass is 10.1. The second kappa shape index (κ2) is 9.64. The van der Waals surface area contributed by atoms with Gasteiger partial charge in [0.1, 0.15) is 5.75 Å². The van der Waals surface area contributed by atoms with Gasteiger partial charge in [0.05, 0.1) is 29.1 Å². The van der Waals surface area contributed by atoms with Crippen molar-refractivity contribution in [3.8, 4) is 17.0 Å². The van der Waals surface area contributed by atoms with Gasteiger partial charge in [-0.1, -0.05) is 12.1 Å². The summed E-state index contributed by atoms with van der Waals surface area (Å²) >= 11 is 0. The van der Waals surface area contributed by atoms with Gasteiger partial charge in [0.15, 0.2) is 0 Å². The first-order valence-corrected chi connectivity index (χ1v) is 12.9. The Hall–Kier alpha value is -3.10. The van der Waals surface area contributed by atoms with Crippen LogP contribution in [0.15, 0.2) is 59.5 Å². The van der Waals surface area contributed by atoms with E-state index in [2.05, 4.69) is 33.8 Å². The molecule has 180 valence electrons. The summed E-state index contributed by atoms with van der Waals surface area (Å²) in [6.45, 7) is 9.64. The summed E-state index contributed by atoms with van der Waals surface area (Å²) in [5.74, 6) is 0.718. The van der Waals surface area contributed by atoms with Crippen LogP contribution < -0.4 is 19.7 Å². The number of nitrogens with zero attached hydrogens (tertiary/aromatic N) is 2. The number of sulfonamides is 1. The third-order valence-corrected chi connectivity index (χ3v) is 7.52. The molecule has 0 aliphatic carbocycles. The van der Waals surface area contributed by atoms with Crippen molar-refractivity contribution in [2.24, 2.45) is 0 Å². The minimum Gasteiger partial charge on any atom is -0.495 e. The molecule has 1 aliphatic rings. The van der Waals surface area contributed by atoms with Crippen LogP contribution in [-0.4, -0.2) is 45.7 Å². The molecule has 1 aliphatic heterocycles. The molecule has 7 nitrogen and oxygen atoms in total. The van der Waals surface area contributed by atoms with Gasteiger partial charge in [-0.05, 0) is 75.7 Å². The van der Waals surface area contributed by atoms with E-state index >= 15 is 0 Å². The number of piperazine rings is 1. The maximum absolute atomic E-state index is 13.3. The quantitative estimate of drug-likeness (QED) is 0.545. The van der Waals surface area contributed by atoms with Crippen molar-refractivity contribution in [2.75, 3.05) is 29.8 Å². The largest absolute Gasteiger partial charge is 0.495 e. The van der Waals surface area contributed by atoms with Crippen molar-refractivity contribution in [1.82, 2.24) is 10.3 Å². The molecule has 0 radical (unpaired) electrons. The second-order valence-electron chi connectivity index (χ2n) is 9.01. The maximum Gasteiger partial charge on any atom is 0.262 e. The molecule has 1 fully saturated rings. The second-order valence-corrected chi connectivity index (χ2v) is 10.7. The number of nitrogens with one attached hydrogen (secondary N) is 2. The van der Waals surface area contributed by atoms with E-state index in [0.717, 1.165) is 41.5 Å².